The van der Waals surface area contributed by atoms with Crippen molar-refractivity contribution in [2.24, 2.45) is 5.92 Å². The highest BCUT2D eigenvalue weighted by Gasteiger charge is 2.23. The first-order valence-corrected chi connectivity index (χ1v) is 7.17. The number of rotatable bonds is 6. The van der Waals surface area contributed by atoms with Gasteiger partial charge in [-0.25, -0.2) is 0 Å². The molecule has 114 valence electrons. The quantitative estimate of drug-likeness (QED) is 0.685. The average Bonchev–Trinajstić information content (AvgIpc) is 2.91. The highest BCUT2D eigenvalue weighted by molar-refractivity contribution is 7.80. The van der Waals surface area contributed by atoms with Crippen LogP contribution in [0.15, 0.2) is 18.2 Å². The molecular weight excluding hydrogens is 294 g/mol. The van der Waals surface area contributed by atoms with Crippen molar-refractivity contribution in [3.8, 4) is 11.5 Å². The Labute approximate surface area is 127 Å². The Morgan fingerprint density at radius 2 is 2.10 bits per heavy atom. The number of hydrogen-bond acceptors (Lipinski definition) is 5. The van der Waals surface area contributed by atoms with Crippen molar-refractivity contribution in [3.05, 3.63) is 23.8 Å². The molecule has 0 aromatic heterocycles. The molecule has 2 atom stereocenters. The minimum atomic E-state index is -1.07. The van der Waals surface area contributed by atoms with Crippen molar-refractivity contribution < 1.29 is 24.2 Å². The number of fused-ring (bicyclic) bond motifs is 1. The molecule has 0 aliphatic carbocycles. The highest BCUT2D eigenvalue weighted by atomic mass is 32.1. The number of aliphatic carboxylic acids is 1. The van der Waals surface area contributed by atoms with E-state index < -0.39 is 17.9 Å². The van der Waals surface area contributed by atoms with E-state index in [1.54, 1.807) is 6.07 Å². The molecule has 0 spiro atoms. The van der Waals surface area contributed by atoms with Gasteiger partial charge >= 0.3 is 5.97 Å². The topological polar surface area (TPSA) is 84.9 Å². The third kappa shape index (κ3) is 3.81. The van der Waals surface area contributed by atoms with Crippen molar-refractivity contribution >= 4 is 24.5 Å². The van der Waals surface area contributed by atoms with Crippen LogP contribution in [0.4, 0.5) is 0 Å². The number of nitrogens with one attached hydrogen (secondary N) is 1. The van der Waals surface area contributed by atoms with Gasteiger partial charge in [-0.05, 0) is 31.0 Å². The summed E-state index contributed by atoms with van der Waals surface area (Å²) in [7, 11) is 0. The maximum Gasteiger partial charge on any atom is 0.325 e. The summed E-state index contributed by atoms with van der Waals surface area (Å²) in [4.78, 5) is 22.8. The predicted molar refractivity (Wildman–Crippen MR) is 78.9 cm³/mol. The summed E-state index contributed by atoms with van der Waals surface area (Å²) in [6, 6.07) is 4.56. The monoisotopic (exact) mass is 311 g/mol. The Balaban J connectivity index is 2.01. The number of hydrogen-bond donors (Lipinski definition) is 3. The number of benzene rings is 1. The first-order valence-electron chi connectivity index (χ1n) is 6.54. The van der Waals surface area contributed by atoms with E-state index in [2.05, 4.69) is 17.9 Å². The maximum absolute atomic E-state index is 12.0. The van der Waals surface area contributed by atoms with E-state index in [-0.39, 0.29) is 12.7 Å². The van der Waals surface area contributed by atoms with Gasteiger partial charge in [0.25, 0.3) is 0 Å². The molecule has 2 unspecified atom stereocenters. The maximum atomic E-state index is 12.0. The van der Waals surface area contributed by atoms with E-state index >= 15 is 0 Å². The molecular formula is C14H17NO5S. The Hall–Kier alpha value is -1.89. The number of carbonyl (C=O) groups excluding carboxylic acids is 1. The summed E-state index contributed by atoms with van der Waals surface area (Å²) in [6.45, 7) is 1.63. The Bertz CT molecular complexity index is 548. The molecule has 0 radical (unpaired) electrons. The van der Waals surface area contributed by atoms with Crippen molar-refractivity contribution in [1.82, 2.24) is 5.32 Å². The molecule has 0 saturated heterocycles. The molecule has 1 aliphatic rings. The SMILES string of the molecule is CC(NC(=O)C(CS)Cc1ccc2c(c1)OCO2)C(=O)O. The van der Waals surface area contributed by atoms with E-state index in [0.29, 0.717) is 23.7 Å². The third-order valence-corrected chi connectivity index (χ3v) is 3.68. The van der Waals surface area contributed by atoms with Gasteiger partial charge in [-0.3, -0.25) is 9.59 Å². The zero-order chi connectivity index (χ0) is 15.4. The molecule has 2 N–H and O–H groups in total. The minimum absolute atomic E-state index is 0.200. The number of carboxylic acid groups (broad SMARTS) is 1. The van der Waals surface area contributed by atoms with Crippen molar-refractivity contribution in [1.29, 1.82) is 0 Å². The smallest absolute Gasteiger partial charge is 0.325 e. The van der Waals surface area contributed by atoms with Gasteiger partial charge in [-0.2, -0.15) is 12.6 Å². The van der Waals surface area contributed by atoms with Gasteiger partial charge in [0.2, 0.25) is 12.7 Å². The first-order chi connectivity index (χ1) is 10.0. The third-order valence-electron chi connectivity index (χ3n) is 3.24. The normalized spacial score (nSPS) is 15.3. The van der Waals surface area contributed by atoms with Crippen LogP contribution in [0.2, 0.25) is 0 Å². The molecule has 2 rings (SSSR count). The Morgan fingerprint density at radius 1 is 1.38 bits per heavy atom. The summed E-state index contributed by atoms with van der Waals surface area (Å²) >= 11 is 4.18. The molecule has 6 nitrogen and oxygen atoms in total. The lowest BCUT2D eigenvalue weighted by Crippen LogP contribution is -2.42. The molecule has 1 heterocycles. The number of ether oxygens (including phenoxy) is 2. The lowest BCUT2D eigenvalue weighted by Gasteiger charge is -2.17. The van der Waals surface area contributed by atoms with Gasteiger partial charge in [0.15, 0.2) is 11.5 Å². The largest absolute Gasteiger partial charge is 0.480 e. The van der Waals surface area contributed by atoms with Crippen LogP contribution in [-0.4, -0.2) is 35.6 Å². The van der Waals surface area contributed by atoms with Crippen LogP contribution >= 0.6 is 12.6 Å². The van der Waals surface area contributed by atoms with Crippen LogP contribution in [0.3, 0.4) is 0 Å². The Kier molecular flexibility index (Phi) is 4.95. The van der Waals surface area contributed by atoms with E-state index in [4.69, 9.17) is 14.6 Å². The second-order valence-electron chi connectivity index (χ2n) is 4.84. The lowest BCUT2D eigenvalue weighted by molar-refractivity contribution is -0.141. The van der Waals surface area contributed by atoms with Crippen LogP contribution in [0, 0.1) is 5.92 Å². The van der Waals surface area contributed by atoms with Crippen LogP contribution in [0.25, 0.3) is 0 Å². The first kappa shape index (κ1) is 15.5. The van der Waals surface area contributed by atoms with Crippen LogP contribution in [-0.2, 0) is 16.0 Å². The zero-order valence-electron chi connectivity index (χ0n) is 11.5. The van der Waals surface area contributed by atoms with Crippen molar-refractivity contribution in [2.45, 2.75) is 19.4 Å². The summed E-state index contributed by atoms with van der Waals surface area (Å²) in [5.74, 6) is -0.126. The second-order valence-corrected chi connectivity index (χ2v) is 5.20. The van der Waals surface area contributed by atoms with E-state index in [9.17, 15) is 9.59 Å². The van der Waals surface area contributed by atoms with E-state index in [1.165, 1.54) is 6.92 Å². The van der Waals surface area contributed by atoms with Crippen molar-refractivity contribution in [2.75, 3.05) is 12.5 Å². The number of carboxylic acids is 1. The number of amides is 1. The van der Waals surface area contributed by atoms with Gasteiger partial charge in [0, 0.05) is 5.75 Å². The fraction of sp³-hybridized carbons (Fsp3) is 0.429. The fourth-order valence-electron chi connectivity index (χ4n) is 1.99. The van der Waals surface area contributed by atoms with Gasteiger partial charge in [-0.1, -0.05) is 6.07 Å². The number of carbonyl (C=O) groups is 2. The highest BCUT2D eigenvalue weighted by Crippen LogP contribution is 2.33. The molecule has 21 heavy (non-hydrogen) atoms. The van der Waals surface area contributed by atoms with Gasteiger partial charge in [-0.15, -0.1) is 0 Å². The standard InChI is InChI=1S/C14H17NO5S/c1-8(14(17)18)15-13(16)10(6-21)4-9-2-3-11-12(5-9)20-7-19-11/h2-3,5,8,10,21H,4,6-7H2,1H3,(H,15,16)(H,17,18). The molecule has 1 amide bonds. The van der Waals surface area contributed by atoms with E-state index in [1.807, 2.05) is 12.1 Å². The van der Waals surface area contributed by atoms with Crippen LogP contribution in [0.5, 0.6) is 11.5 Å². The molecule has 1 aliphatic heterocycles. The lowest BCUT2D eigenvalue weighted by atomic mass is 9.99. The molecule has 7 heteroatoms. The van der Waals surface area contributed by atoms with Gasteiger partial charge in [0.05, 0.1) is 5.92 Å². The zero-order valence-corrected chi connectivity index (χ0v) is 12.4. The Morgan fingerprint density at radius 3 is 2.76 bits per heavy atom. The van der Waals surface area contributed by atoms with Crippen LogP contribution < -0.4 is 14.8 Å². The second kappa shape index (κ2) is 6.71. The molecule has 0 bridgehead atoms. The van der Waals surface area contributed by atoms with Gasteiger partial charge in [0.1, 0.15) is 6.04 Å². The predicted octanol–water partition coefficient (Wildman–Crippen LogP) is 1.09. The summed E-state index contributed by atoms with van der Waals surface area (Å²) < 4.78 is 10.5. The molecule has 1 aromatic carbocycles. The summed E-state index contributed by atoms with van der Waals surface area (Å²) in [5.41, 5.74) is 0.913. The number of thiol groups is 1. The summed E-state index contributed by atoms with van der Waals surface area (Å²) in [5, 5.41) is 11.3. The van der Waals surface area contributed by atoms with Crippen molar-refractivity contribution in [3.63, 3.8) is 0 Å². The fourth-order valence-corrected chi connectivity index (χ4v) is 2.28. The average molecular weight is 311 g/mol. The van der Waals surface area contributed by atoms with Crippen LogP contribution in [0.1, 0.15) is 12.5 Å². The summed E-state index contributed by atoms with van der Waals surface area (Å²) in [6.07, 6.45) is 0.457. The molecule has 1 aromatic rings. The van der Waals surface area contributed by atoms with E-state index in [0.717, 1.165) is 5.56 Å². The molecule has 0 saturated carbocycles. The van der Waals surface area contributed by atoms with Gasteiger partial charge < -0.3 is 19.9 Å². The molecule has 0 fully saturated rings. The minimum Gasteiger partial charge on any atom is -0.480 e.